The summed E-state index contributed by atoms with van der Waals surface area (Å²) in [6.45, 7) is 8.56. The highest BCUT2D eigenvalue weighted by molar-refractivity contribution is 5.55. The lowest BCUT2D eigenvalue weighted by molar-refractivity contribution is 0.121. The van der Waals surface area contributed by atoms with E-state index in [-0.39, 0.29) is 17.5 Å². The van der Waals surface area contributed by atoms with E-state index in [1.807, 2.05) is 6.07 Å². The molecule has 2 rings (SSSR count). The van der Waals surface area contributed by atoms with Crippen molar-refractivity contribution in [1.29, 1.82) is 0 Å². The van der Waals surface area contributed by atoms with Crippen molar-refractivity contribution in [2.75, 3.05) is 25.1 Å². The topological polar surface area (TPSA) is 24.5 Å². The molecular weight excluding hydrogens is 255 g/mol. The Morgan fingerprint density at radius 2 is 2.15 bits per heavy atom. The summed E-state index contributed by atoms with van der Waals surface area (Å²) >= 11 is 0. The van der Waals surface area contributed by atoms with E-state index in [0.717, 1.165) is 30.8 Å². The normalized spacial score (nSPS) is 19.6. The highest BCUT2D eigenvalue weighted by Crippen LogP contribution is 2.27. The molecule has 1 unspecified atom stereocenters. The number of halogens is 1. The van der Waals surface area contributed by atoms with Crippen LogP contribution in [0, 0.1) is 5.82 Å². The minimum atomic E-state index is -0.139. The predicted molar refractivity (Wildman–Crippen MR) is 80.6 cm³/mol. The Labute approximate surface area is 121 Å². The van der Waals surface area contributed by atoms with Gasteiger partial charge in [-0.05, 0) is 39.3 Å². The number of anilines is 1. The highest BCUT2D eigenvalue weighted by Gasteiger charge is 2.25. The lowest BCUT2D eigenvalue weighted by Crippen LogP contribution is -2.36. The van der Waals surface area contributed by atoms with E-state index < -0.39 is 0 Å². The molecule has 1 heterocycles. The number of benzene rings is 1. The maximum atomic E-state index is 14.2. The summed E-state index contributed by atoms with van der Waals surface area (Å²) in [4.78, 5) is 2.22. The van der Waals surface area contributed by atoms with E-state index in [9.17, 15) is 4.39 Å². The van der Waals surface area contributed by atoms with Gasteiger partial charge in [-0.25, -0.2) is 4.39 Å². The summed E-state index contributed by atoms with van der Waals surface area (Å²) < 4.78 is 19.6. The first-order chi connectivity index (χ1) is 9.40. The first-order valence-corrected chi connectivity index (χ1v) is 7.21. The van der Waals surface area contributed by atoms with Crippen molar-refractivity contribution in [3.63, 3.8) is 0 Å². The molecule has 1 aromatic rings. The Morgan fingerprint density at radius 3 is 2.75 bits per heavy atom. The van der Waals surface area contributed by atoms with Gasteiger partial charge < -0.3 is 15.0 Å². The van der Waals surface area contributed by atoms with Crippen LogP contribution in [0.5, 0.6) is 0 Å². The van der Waals surface area contributed by atoms with Gasteiger partial charge in [-0.1, -0.05) is 6.07 Å². The van der Waals surface area contributed by atoms with Crippen molar-refractivity contribution in [3.8, 4) is 0 Å². The highest BCUT2D eigenvalue weighted by atomic mass is 19.1. The molecule has 1 atom stereocenters. The third-order valence-corrected chi connectivity index (χ3v) is 3.71. The number of nitrogens with one attached hydrogen (secondary N) is 1. The van der Waals surface area contributed by atoms with Crippen molar-refractivity contribution >= 4 is 5.69 Å². The Bertz CT molecular complexity index is 456. The average molecular weight is 280 g/mol. The Balaban J connectivity index is 2.18. The fraction of sp³-hybridized carbons (Fsp3) is 0.625. The molecule has 0 bridgehead atoms. The summed E-state index contributed by atoms with van der Waals surface area (Å²) in [6, 6.07) is 5.32. The summed E-state index contributed by atoms with van der Waals surface area (Å²) in [5.41, 5.74) is 1.71. The van der Waals surface area contributed by atoms with Crippen molar-refractivity contribution < 1.29 is 9.13 Å². The third-order valence-electron chi connectivity index (χ3n) is 3.71. The first-order valence-electron chi connectivity index (χ1n) is 7.21. The van der Waals surface area contributed by atoms with Crippen LogP contribution in [0.1, 0.15) is 32.8 Å². The molecule has 20 heavy (non-hydrogen) atoms. The third kappa shape index (κ3) is 3.70. The zero-order chi connectivity index (χ0) is 14.8. The fourth-order valence-electron chi connectivity index (χ4n) is 2.51. The second kappa shape index (κ2) is 6.10. The number of hydrogen-bond donors (Lipinski definition) is 1. The quantitative estimate of drug-likeness (QED) is 0.917. The molecular formula is C16H25FN2O. The van der Waals surface area contributed by atoms with Gasteiger partial charge in [0.2, 0.25) is 0 Å². The van der Waals surface area contributed by atoms with Gasteiger partial charge in [-0.3, -0.25) is 0 Å². The molecule has 0 aliphatic carbocycles. The molecule has 1 aromatic carbocycles. The van der Waals surface area contributed by atoms with Crippen molar-refractivity contribution in [2.45, 2.75) is 45.4 Å². The zero-order valence-electron chi connectivity index (χ0n) is 12.9. The zero-order valence-corrected chi connectivity index (χ0v) is 12.9. The van der Waals surface area contributed by atoms with E-state index in [1.165, 1.54) is 6.07 Å². The van der Waals surface area contributed by atoms with Crippen LogP contribution < -0.4 is 10.2 Å². The molecule has 0 spiro atoms. The van der Waals surface area contributed by atoms with E-state index >= 15 is 0 Å². The van der Waals surface area contributed by atoms with E-state index in [4.69, 9.17) is 4.74 Å². The fourth-order valence-corrected chi connectivity index (χ4v) is 2.51. The van der Waals surface area contributed by atoms with Gasteiger partial charge in [0.1, 0.15) is 5.82 Å². The molecule has 1 aliphatic rings. The number of rotatable bonds is 4. The van der Waals surface area contributed by atoms with Crippen LogP contribution in [0.2, 0.25) is 0 Å². The summed E-state index contributed by atoms with van der Waals surface area (Å²) in [5, 5.41) is 3.37. The van der Waals surface area contributed by atoms with Gasteiger partial charge in [-0.2, -0.15) is 0 Å². The Hall–Kier alpha value is -1.13. The van der Waals surface area contributed by atoms with Crippen molar-refractivity contribution in [3.05, 3.63) is 29.6 Å². The van der Waals surface area contributed by atoms with Crippen LogP contribution in [0.25, 0.3) is 0 Å². The first kappa shape index (κ1) is 15.3. The maximum absolute atomic E-state index is 14.2. The standard InChI is InChI=1S/C16H25FN2O/c1-16(2,3)18-10-13-14(17)6-5-7-15(13)19-9-8-12(11-19)20-4/h5-7,12,18H,8-11H2,1-4H3. The molecule has 0 radical (unpaired) electrons. The van der Waals surface area contributed by atoms with Gasteiger partial charge in [0.25, 0.3) is 0 Å². The van der Waals surface area contributed by atoms with Crippen LogP contribution in [0.4, 0.5) is 10.1 Å². The van der Waals surface area contributed by atoms with Crippen LogP contribution >= 0.6 is 0 Å². The molecule has 0 aromatic heterocycles. The molecule has 1 saturated heterocycles. The van der Waals surface area contributed by atoms with Gasteiger partial charge in [0.05, 0.1) is 6.10 Å². The van der Waals surface area contributed by atoms with Crippen LogP contribution in [-0.2, 0) is 11.3 Å². The van der Waals surface area contributed by atoms with Crippen LogP contribution in [-0.4, -0.2) is 31.8 Å². The maximum Gasteiger partial charge on any atom is 0.129 e. The second-order valence-corrected chi connectivity index (χ2v) is 6.43. The predicted octanol–water partition coefficient (Wildman–Crippen LogP) is 2.94. The largest absolute Gasteiger partial charge is 0.380 e. The molecule has 4 heteroatoms. The lowest BCUT2D eigenvalue weighted by atomic mass is 10.1. The van der Waals surface area contributed by atoms with Gasteiger partial charge >= 0.3 is 0 Å². The Morgan fingerprint density at radius 1 is 1.40 bits per heavy atom. The molecule has 112 valence electrons. The van der Waals surface area contributed by atoms with E-state index in [0.29, 0.717) is 6.54 Å². The summed E-state index contributed by atoms with van der Waals surface area (Å²) in [6.07, 6.45) is 1.25. The number of hydrogen-bond acceptors (Lipinski definition) is 3. The lowest BCUT2D eigenvalue weighted by Gasteiger charge is -2.25. The SMILES string of the molecule is COC1CCN(c2cccc(F)c2CNC(C)(C)C)C1. The van der Waals surface area contributed by atoms with Crippen molar-refractivity contribution in [2.24, 2.45) is 0 Å². The molecule has 0 amide bonds. The van der Waals surface area contributed by atoms with Gasteiger partial charge in [-0.15, -0.1) is 0 Å². The summed E-state index contributed by atoms with van der Waals surface area (Å²) in [5.74, 6) is -0.139. The van der Waals surface area contributed by atoms with E-state index in [1.54, 1.807) is 13.2 Å². The average Bonchev–Trinajstić information content (AvgIpc) is 2.84. The van der Waals surface area contributed by atoms with Crippen LogP contribution in [0.3, 0.4) is 0 Å². The number of nitrogens with zero attached hydrogens (tertiary/aromatic N) is 1. The molecule has 3 nitrogen and oxygen atoms in total. The smallest absolute Gasteiger partial charge is 0.129 e. The summed E-state index contributed by atoms with van der Waals surface area (Å²) in [7, 11) is 1.74. The van der Waals surface area contributed by atoms with Gasteiger partial charge in [0, 0.05) is 43.5 Å². The minimum absolute atomic E-state index is 0.0281. The monoisotopic (exact) mass is 280 g/mol. The van der Waals surface area contributed by atoms with Crippen LogP contribution in [0.15, 0.2) is 18.2 Å². The van der Waals surface area contributed by atoms with E-state index in [2.05, 4.69) is 31.0 Å². The molecule has 1 N–H and O–H groups in total. The number of ether oxygens (including phenoxy) is 1. The minimum Gasteiger partial charge on any atom is -0.380 e. The molecule has 1 aliphatic heterocycles. The molecule has 0 saturated carbocycles. The Kier molecular flexibility index (Phi) is 4.66. The molecule has 1 fully saturated rings. The van der Waals surface area contributed by atoms with Crippen molar-refractivity contribution in [1.82, 2.24) is 5.32 Å². The second-order valence-electron chi connectivity index (χ2n) is 6.43. The van der Waals surface area contributed by atoms with Gasteiger partial charge in [0.15, 0.2) is 0 Å². The number of methoxy groups -OCH3 is 1.